The summed E-state index contributed by atoms with van der Waals surface area (Å²) in [6, 6.07) is -0.846. The molecule has 5 aliphatic rings. The summed E-state index contributed by atoms with van der Waals surface area (Å²) in [6.45, 7) is 5.82. The van der Waals surface area contributed by atoms with Crippen LogP contribution in [0.2, 0.25) is 0 Å². The number of amides is 2. The molecular formula is C24H34N2O6. The van der Waals surface area contributed by atoms with Crippen LogP contribution in [-0.4, -0.2) is 55.0 Å². The van der Waals surface area contributed by atoms with Crippen LogP contribution in [-0.2, 0) is 28.7 Å². The molecule has 1 spiro atoms. The van der Waals surface area contributed by atoms with Crippen molar-refractivity contribution in [2.45, 2.75) is 77.0 Å². The fraction of sp³-hybridized carbons (Fsp3) is 0.750. The lowest BCUT2D eigenvalue weighted by atomic mass is 9.51. The topological polar surface area (TPSA) is 111 Å². The SMILES string of the molecule is COC(=O)[C@H](CCNC(C)=O)NC(=O)CC[C@]1(C)C(=O)C=C[C@]23C[C@H]4C[C@H](O[C@@]4(C)C2)[C@H]31. The summed E-state index contributed by atoms with van der Waals surface area (Å²) in [5.41, 5.74) is -0.789. The summed E-state index contributed by atoms with van der Waals surface area (Å²) in [6.07, 6.45) is 7.64. The minimum absolute atomic E-state index is 0.0212. The van der Waals surface area contributed by atoms with E-state index < -0.39 is 17.4 Å². The number of carbonyl (C=O) groups excluding carboxylic acids is 4. The van der Waals surface area contributed by atoms with Crippen LogP contribution in [0.1, 0.15) is 59.3 Å². The lowest BCUT2D eigenvalue weighted by molar-refractivity contribution is -0.169. The van der Waals surface area contributed by atoms with E-state index in [1.807, 2.05) is 6.92 Å². The molecule has 176 valence electrons. The Morgan fingerprint density at radius 1 is 1.31 bits per heavy atom. The number of hydrogen-bond donors (Lipinski definition) is 2. The molecule has 3 aliphatic carbocycles. The van der Waals surface area contributed by atoms with E-state index in [9.17, 15) is 19.2 Å². The molecule has 2 saturated carbocycles. The zero-order valence-corrected chi connectivity index (χ0v) is 19.4. The van der Waals surface area contributed by atoms with Gasteiger partial charge >= 0.3 is 5.97 Å². The van der Waals surface area contributed by atoms with Gasteiger partial charge in [0.05, 0.1) is 18.8 Å². The molecule has 8 heteroatoms. The first-order valence-corrected chi connectivity index (χ1v) is 11.6. The predicted octanol–water partition coefficient (Wildman–Crippen LogP) is 1.67. The quantitative estimate of drug-likeness (QED) is 0.549. The van der Waals surface area contributed by atoms with E-state index >= 15 is 0 Å². The number of rotatable bonds is 8. The molecule has 0 aromatic carbocycles. The first-order chi connectivity index (χ1) is 15.0. The second-order valence-corrected chi connectivity index (χ2v) is 10.5. The predicted molar refractivity (Wildman–Crippen MR) is 115 cm³/mol. The average Bonchev–Trinajstić information content (AvgIpc) is 3.09. The van der Waals surface area contributed by atoms with Crippen LogP contribution in [0.15, 0.2) is 12.2 Å². The molecule has 0 aromatic heterocycles. The normalized spacial score (nSPS) is 39.5. The van der Waals surface area contributed by atoms with Crippen molar-refractivity contribution in [3.63, 3.8) is 0 Å². The molecule has 0 radical (unpaired) electrons. The van der Waals surface area contributed by atoms with Crippen molar-refractivity contribution in [3.05, 3.63) is 12.2 Å². The molecule has 2 aliphatic heterocycles. The minimum atomic E-state index is -0.846. The molecule has 2 amide bonds. The minimum Gasteiger partial charge on any atom is -0.467 e. The van der Waals surface area contributed by atoms with Gasteiger partial charge in [0, 0.05) is 31.2 Å². The van der Waals surface area contributed by atoms with Crippen molar-refractivity contribution >= 4 is 23.6 Å². The Balaban J connectivity index is 1.42. The van der Waals surface area contributed by atoms with E-state index in [0.717, 1.165) is 19.3 Å². The second kappa shape index (κ2) is 7.97. The number of carbonyl (C=O) groups is 4. The molecular weight excluding hydrogens is 412 g/mol. The van der Waals surface area contributed by atoms with E-state index in [0.29, 0.717) is 12.3 Å². The highest BCUT2D eigenvalue weighted by atomic mass is 16.5. The van der Waals surface area contributed by atoms with Crippen molar-refractivity contribution in [2.75, 3.05) is 13.7 Å². The maximum absolute atomic E-state index is 13.1. The standard InChI is InChI=1S/C24H34N2O6/c1-14(27)25-10-7-16(21(30)31-4)26-19(29)6-8-22(2)18(28)5-9-24-12-15-11-17(20(22)24)32-23(15,3)13-24/h5,9,15-17,20H,6-8,10-13H2,1-4H3,(H,25,27)(H,26,29)/t15-,16+,17+,20+,22-,23+,24+/m1/s1. The molecule has 0 aromatic rings. The van der Waals surface area contributed by atoms with Crippen molar-refractivity contribution in [2.24, 2.45) is 22.7 Å². The summed E-state index contributed by atoms with van der Waals surface area (Å²) >= 11 is 0. The zero-order chi connectivity index (χ0) is 23.3. The number of nitrogens with one attached hydrogen (secondary N) is 2. The van der Waals surface area contributed by atoms with E-state index in [4.69, 9.17) is 9.47 Å². The summed E-state index contributed by atoms with van der Waals surface area (Å²) in [5, 5.41) is 5.34. The molecule has 2 saturated heterocycles. The van der Waals surface area contributed by atoms with Gasteiger partial charge < -0.3 is 20.1 Å². The summed E-state index contributed by atoms with van der Waals surface area (Å²) < 4.78 is 11.2. The maximum atomic E-state index is 13.1. The molecule has 4 fully saturated rings. The van der Waals surface area contributed by atoms with Crippen LogP contribution in [0.3, 0.4) is 0 Å². The molecule has 2 heterocycles. The summed E-state index contributed by atoms with van der Waals surface area (Å²) in [7, 11) is 1.26. The van der Waals surface area contributed by atoms with Gasteiger partial charge in [0.1, 0.15) is 6.04 Å². The van der Waals surface area contributed by atoms with E-state index in [1.54, 1.807) is 6.08 Å². The Labute approximate surface area is 188 Å². The zero-order valence-electron chi connectivity index (χ0n) is 19.4. The van der Waals surface area contributed by atoms with E-state index in [1.165, 1.54) is 14.0 Å². The third-order valence-corrected chi connectivity index (χ3v) is 8.41. The first kappa shape index (κ1) is 23.0. The highest BCUT2D eigenvalue weighted by molar-refractivity contribution is 5.96. The largest absolute Gasteiger partial charge is 0.467 e. The van der Waals surface area contributed by atoms with Gasteiger partial charge in [-0.3, -0.25) is 14.4 Å². The van der Waals surface area contributed by atoms with Gasteiger partial charge in [0.25, 0.3) is 0 Å². The Morgan fingerprint density at radius 2 is 2.06 bits per heavy atom. The van der Waals surface area contributed by atoms with Gasteiger partial charge in [-0.05, 0) is 56.4 Å². The molecule has 32 heavy (non-hydrogen) atoms. The van der Waals surface area contributed by atoms with Crippen molar-refractivity contribution in [1.29, 1.82) is 0 Å². The molecule has 0 unspecified atom stereocenters. The van der Waals surface area contributed by atoms with Crippen molar-refractivity contribution in [1.82, 2.24) is 10.6 Å². The third-order valence-electron chi connectivity index (χ3n) is 8.41. The van der Waals surface area contributed by atoms with E-state index in [2.05, 4.69) is 23.6 Å². The lowest BCUT2D eigenvalue weighted by Crippen LogP contribution is -2.56. The van der Waals surface area contributed by atoms with Gasteiger partial charge in [0.2, 0.25) is 11.8 Å². The smallest absolute Gasteiger partial charge is 0.328 e. The van der Waals surface area contributed by atoms with Crippen LogP contribution in [0.4, 0.5) is 0 Å². The molecule has 4 bridgehead atoms. The number of methoxy groups -OCH3 is 1. The first-order valence-electron chi connectivity index (χ1n) is 11.6. The van der Waals surface area contributed by atoms with Crippen LogP contribution in [0.25, 0.3) is 0 Å². The van der Waals surface area contributed by atoms with Crippen LogP contribution >= 0.6 is 0 Å². The Hall–Kier alpha value is -2.22. The lowest BCUT2D eigenvalue weighted by Gasteiger charge is -2.55. The Bertz CT molecular complexity index is 871. The van der Waals surface area contributed by atoms with Crippen molar-refractivity contribution < 1.29 is 28.7 Å². The van der Waals surface area contributed by atoms with Gasteiger partial charge in [0.15, 0.2) is 5.78 Å². The second-order valence-electron chi connectivity index (χ2n) is 10.5. The monoisotopic (exact) mass is 446 g/mol. The van der Waals surface area contributed by atoms with Crippen LogP contribution in [0.5, 0.6) is 0 Å². The Morgan fingerprint density at radius 3 is 2.72 bits per heavy atom. The number of ketones is 1. The molecule has 2 N–H and O–H groups in total. The third kappa shape index (κ3) is 3.66. The highest BCUT2D eigenvalue weighted by Gasteiger charge is 2.71. The number of ether oxygens (including phenoxy) is 2. The average molecular weight is 447 g/mol. The Kier molecular flexibility index (Phi) is 5.72. The van der Waals surface area contributed by atoms with Crippen LogP contribution in [0, 0.1) is 22.7 Å². The number of hydrogen-bond acceptors (Lipinski definition) is 6. The summed E-state index contributed by atoms with van der Waals surface area (Å²) in [5.74, 6) is -0.403. The van der Waals surface area contributed by atoms with Gasteiger partial charge in [-0.2, -0.15) is 0 Å². The van der Waals surface area contributed by atoms with E-state index in [-0.39, 0.29) is 60.0 Å². The fourth-order valence-corrected chi connectivity index (χ4v) is 7.06. The van der Waals surface area contributed by atoms with Gasteiger partial charge in [-0.15, -0.1) is 0 Å². The molecule has 8 nitrogen and oxygen atoms in total. The number of allylic oxidation sites excluding steroid dienone is 2. The maximum Gasteiger partial charge on any atom is 0.328 e. The highest BCUT2D eigenvalue weighted by Crippen LogP contribution is 2.71. The number of esters is 1. The molecule has 7 atom stereocenters. The van der Waals surface area contributed by atoms with Crippen LogP contribution < -0.4 is 10.6 Å². The van der Waals surface area contributed by atoms with Gasteiger partial charge in [-0.1, -0.05) is 13.0 Å². The fourth-order valence-electron chi connectivity index (χ4n) is 7.06. The molecule has 5 rings (SSSR count). The van der Waals surface area contributed by atoms with Gasteiger partial charge in [-0.25, -0.2) is 4.79 Å². The van der Waals surface area contributed by atoms with Crippen molar-refractivity contribution in [3.8, 4) is 0 Å². The summed E-state index contributed by atoms with van der Waals surface area (Å²) in [4.78, 5) is 49.0.